The number of hydrazone groups is 1. The number of allylic oxidation sites excluding steroid dienone is 1. The molecule has 3 fully saturated rings. The maximum atomic E-state index is 12.9. The number of nitrogens with zero attached hydrogens (tertiary/aromatic N) is 5. The second-order valence-corrected chi connectivity index (χ2v) is 16.5. The van der Waals surface area contributed by atoms with Crippen molar-refractivity contribution >= 4 is 74.6 Å². The molecule has 4 aliphatic rings. The van der Waals surface area contributed by atoms with Crippen molar-refractivity contribution in [2.75, 3.05) is 12.4 Å². The predicted octanol–water partition coefficient (Wildman–Crippen LogP) is 9.56. The Morgan fingerprint density at radius 2 is 1.90 bits per heavy atom. The first-order chi connectivity index (χ1) is 24.7. The summed E-state index contributed by atoms with van der Waals surface area (Å²) < 4.78 is 10.3. The number of thioether (sulfide) groups is 2. The van der Waals surface area contributed by atoms with Gasteiger partial charge in [0, 0.05) is 64.5 Å². The van der Waals surface area contributed by atoms with Crippen molar-refractivity contribution in [1.29, 1.82) is 0 Å². The van der Waals surface area contributed by atoms with Crippen molar-refractivity contribution in [3.05, 3.63) is 93.5 Å². The van der Waals surface area contributed by atoms with Crippen LogP contribution in [0, 0.1) is 5.92 Å². The van der Waals surface area contributed by atoms with E-state index >= 15 is 0 Å². The standard InChI is InChI=1S/C40H42ClN5O3S2/c1-5-42-46(40-18-25(19-40)20-40)34-23-50-21-27-16-28(45(4)43-27)22-51-29-15-26-9-6-7-10-30(26)35(17-29)49-14-8-11-31-32-12-13-33(41)36(24(34)2)37(32)44(3)38(31)39(47)48/h5-7,9-10,12-13,15-17,25H,8,11,14,18-23H2,1-4H3,(H,47,48)/b34-24+,42-5+. The molecular weight excluding hydrogens is 698 g/mol. The smallest absolute Gasteiger partial charge is 0.352 e. The largest absolute Gasteiger partial charge is 0.493 e. The lowest BCUT2D eigenvalue weighted by Gasteiger charge is -2.65. The summed E-state index contributed by atoms with van der Waals surface area (Å²) in [7, 11) is 3.87. The van der Waals surface area contributed by atoms with Gasteiger partial charge >= 0.3 is 5.97 Å². The minimum Gasteiger partial charge on any atom is -0.493 e. The van der Waals surface area contributed by atoms with E-state index in [2.05, 4.69) is 48.3 Å². The van der Waals surface area contributed by atoms with E-state index < -0.39 is 5.97 Å². The number of hydrogen-bond donors (Lipinski definition) is 1. The first-order valence-corrected chi connectivity index (χ1v) is 20.1. The molecule has 2 aromatic heterocycles. The van der Waals surface area contributed by atoms with Gasteiger partial charge in [-0.15, -0.1) is 23.5 Å². The van der Waals surface area contributed by atoms with Crippen LogP contribution in [0.4, 0.5) is 0 Å². The van der Waals surface area contributed by atoms with Gasteiger partial charge in [0.05, 0.1) is 34.1 Å². The van der Waals surface area contributed by atoms with Crippen LogP contribution in [0.2, 0.25) is 5.02 Å². The third-order valence-corrected chi connectivity index (χ3v) is 13.2. The minimum absolute atomic E-state index is 0.0312. The Kier molecular flexibility index (Phi) is 9.13. The van der Waals surface area contributed by atoms with Gasteiger partial charge in [-0.2, -0.15) is 10.2 Å². The van der Waals surface area contributed by atoms with Crippen molar-refractivity contribution in [3.8, 4) is 5.75 Å². The van der Waals surface area contributed by atoms with Crippen molar-refractivity contribution < 1.29 is 14.6 Å². The number of halogens is 1. The van der Waals surface area contributed by atoms with Gasteiger partial charge in [0.25, 0.3) is 0 Å². The first kappa shape index (κ1) is 34.2. The highest BCUT2D eigenvalue weighted by Crippen LogP contribution is 2.62. The highest BCUT2D eigenvalue weighted by atomic mass is 35.5. The number of fused-ring (bicyclic) bond motifs is 6. The monoisotopic (exact) mass is 739 g/mol. The fourth-order valence-electron chi connectivity index (χ4n) is 8.31. The molecule has 0 unspecified atom stereocenters. The molecule has 0 radical (unpaired) electrons. The number of rotatable bonds is 4. The lowest BCUT2D eigenvalue weighted by molar-refractivity contribution is -0.127. The lowest BCUT2D eigenvalue weighted by atomic mass is 9.49. The summed E-state index contributed by atoms with van der Waals surface area (Å²) in [6.45, 7) is 4.55. The molecule has 3 saturated carbocycles. The normalized spacial score (nSPS) is 22.4. The molecule has 10 bridgehead atoms. The zero-order chi connectivity index (χ0) is 35.4. The van der Waals surface area contributed by atoms with Gasteiger partial charge in [-0.25, -0.2) is 4.79 Å². The van der Waals surface area contributed by atoms with Crippen molar-refractivity contribution in [2.45, 2.75) is 67.9 Å². The van der Waals surface area contributed by atoms with Crippen LogP contribution in [0.5, 0.6) is 5.75 Å². The highest BCUT2D eigenvalue weighted by Gasteiger charge is 2.61. The molecule has 1 N–H and O–H groups in total. The minimum atomic E-state index is -0.949. The van der Waals surface area contributed by atoms with E-state index in [-0.39, 0.29) is 11.2 Å². The molecule has 0 spiro atoms. The number of benzene rings is 3. The van der Waals surface area contributed by atoms with Gasteiger partial charge in [-0.3, -0.25) is 9.69 Å². The van der Waals surface area contributed by atoms with E-state index in [1.54, 1.807) is 11.8 Å². The average Bonchev–Trinajstić information content (AvgIpc) is 3.56. The Morgan fingerprint density at radius 3 is 2.65 bits per heavy atom. The molecule has 3 aromatic carbocycles. The van der Waals surface area contributed by atoms with Crippen molar-refractivity contribution in [1.82, 2.24) is 19.4 Å². The number of carboxylic acid groups (broad SMARTS) is 1. The van der Waals surface area contributed by atoms with Gasteiger partial charge < -0.3 is 14.4 Å². The summed E-state index contributed by atoms with van der Waals surface area (Å²) in [5, 5.41) is 26.5. The summed E-state index contributed by atoms with van der Waals surface area (Å²) in [5.41, 5.74) is 7.18. The number of aromatic nitrogens is 3. The Labute approximate surface area is 311 Å². The zero-order valence-electron chi connectivity index (χ0n) is 29.4. The third-order valence-electron chi connectivity index (χ3n) is 10.9. The molecule has 3 heterocycles. The Balaban J connectivity index is 1.26. The van der Waals surface area contributed by atoms with Gasteiger partial charge in [0.15, 0.2) is 0 Å². The van der Waals surface area contributed by atoms with Crippen LogP contribution in [-0.4, -0.2) is 54.5 Å². The van der Waals surface area contributed by atoms with Gasteiger partial charge in [0.1, 0.15) is 11.4 Å². The Bertz CT molecular complexity index is 2240. The molecule has 8 nitrogen and oxygen atoms in total. The second kappa shape index (κ2) is 13.6. The van der Waals surface area contributed by atoms with Crippen molar-refractivity contribution in [3.63, 3.8) is 0 Å². The second-order valence-electron chi connectivity index (χ2n) is 14.1. The summed E-state index contributed by atoms with van der Waals surface area (Å²) in [5.74, 6) is 2.91. The summed E-state index contributed by atoms with van der Waals surface area (Å²) in [6.07, 6.45) is 6.52. The van der Waals surface area contributed by atoms with E-state index in [0.29, 0.717) is 30.2 Å². The van der Waals surface area contributed by atoms with Crippen molar-refractivity contribution in [2.24, 2.45) is 25.1 Å². The molecular formula is C40H42ClN5O3S2. The molecule has 0 saturated heterocycles. The van der Waals surface area contributed by atoms with Crippen LogP contribution in [0.15, 0.2) is 70.3 Å². The van der Waals surface area contributed by atoms with E-state index in [1.807, 2.05) is 66.4 Å². The molecule has 264 valence electrons. The van der Waals surface area contributed by atoms with Crippen LogP contribution in [0.3, 0.4) is 0 Å². The van der Waals surface area contributed by atoms with E-state index in [9.17, 15) is 9.90 Å². The number of hydrogen-bond acceptors (Lipinski definition) is 7. The maximum absolute atomic E-state index is 12.9. The van der Waals surface area contributed by atoms with E-state index in [1.165, 1.54) is 5.69 Å². The maximum Gasteiger partial charge on any atom is 0.352 e. The zero-order valence-corrected chi connectivity index (χ0v) is 31.8. The summed E-state index contributed by atoms with van der Waals surface area (Å²) >= 11 is 10.7. The number of aryl methyl sites for hydroxylation is 3. The van der Waals surface area contributed by atoms with Crippen LogP contribution >= 0.6 is 35.1 Å². The van der Waals surface area contributed by atoms with Gasteiger partial charge in [-0.05, 0) is 92.7 Å². The molecule has 3 aliphatic carbocycles. The number of carbonyl (C=O) groups is 1. The number of carboxylic acids is 1. The number of ether oxygens (including phenoxy) is 1. The van der Waals surface area contributed by atoms with E-state index in [0.717, 1.165) is 97.1 Å². The Hall–Kier alpha value is -3.86. The van der Waals surface area contributed by atoms with Gasteiger partial charge in [-0.1, -0.05) is 41.9 Å². The Morgan fingerprint density at radius 1 is 1.10 bits per heavy atom. The summed E-state index contributed by atoms with van der Waals surface area (Å²) in [6, 6.07) is 18.8. The lowest BCUT2D eigenvalue weighted by Crippen LogP contribution is -2.66. The van der Waals surface area contributed by atoms with Crippen LogP contribution in [0.25, 0.3) is 27.2 Å². The van der Waals surface area contributed by atoms with E-state index in [4.69, 9.17) is 26.5 Å². The molecule has 51 heavy (non-hydrogen) atoms. The molecule has 1 aliphatic heterocycles. The molecule has 9 rings (SSSR count). The fraction of sp³-hybridized carbons (Fsp3) is 0.375. The predicted molar refractivity (Wildman–Crippen MR) is 210 cm³/mol. The number of aromatic carboxylic acids is 1. The highest BCUT2D eigenvalue weighted by molar-refractivity contribution is 7.98. The van der Waals surface area contributed by atoms with Crippen LogP contribution in [0.1, 0.15) is 72.5 Å². The fourth-order valence-corrected chi connectivity index (χ4v) is 10.6. The van der Waals surface area contributed by atoms with Crippen LogP contribution < -0.4 is 4.74 Å². The van der Waals surface area contributed by atoms with Gasteiger partial charge in [0.2, 0.25) is 0 Å². The first-order valence-electron chi connectivity index (χ1n) is 17.6. The quantitative estimate of drug-likeness (QED) is 0.145. The van der Waals surface area contributed by atoms with Crippen LogP contribution in [-0.2, 0) is 32.0 Å². The molecule has 5 aromatic rings. The topological polar surface area (TPSA) is 84.9 Å². The third kappa shape index (κ3) is 6.03. The summed E-state index contributed by atoms with van der Waals surface area (Å²) in [4.78, 5) is 14.0. The SMILES string of the molecule is C/C=N/N(/C1=C(\C)c2c(Cl)ccc3c(c(C(=O)O)n(C)c23)CCCOc2cc(cc3ccccc23)SCc2cc(nn2C)CSC1)C12CC(C1)C2. The molecule has 11 heteroatoms. The molecule has 0 amide bonds. The average molecular weight is 740 g/mol. The molecule has 0 atom stereocenters.